The summed E-state index contributed by atoms with van der Waals surface area (Å²) in [7, 11) is 0. The Morgan fingerprint density at radius 1 is 1.60 bits per heavy atom. The molecular weight excluding hydrogens is 132 g/mol. The summed E-state index contributed by atoms with van der Waals surface area (Å²) < 4.78 is 5.13. The van der Waals surface area contributed by atoms with Crippen LogP contribution in [0.3, 0.4) is 0 Å². The van der Waals surface area contributed by atoms with Gasteiger partial charge in [-0.2, -0.15) is 0 Å². The van der Waals surface area contributed by atoms with Gasteiger partial charge in [-0.3, -0.25) is 0 Å². The van der Waals surface area contributed by atoms with Gasteiger partial charge in [0.2, 0.25) is 0 Å². The zero-order chi connectivity index (χ0) is 7.19. The third-order valence-electron chi connectivity index (χ3n) is 2.44. The molecule has 2 rings (SSSR count). The Morgan fingerprint density at radius 3 is 2.90 bits per heavy atom. The van der Waals surface area contributed by atoms with Crippen molar-refractivity contribution in [3.8, 4) is 0 Å². The van der Waals surface area contributed by atoms with Crippen molar-refractivity contribution in [3.63, 3.8) is 0 Å². The Hall–Kier alpha value is -0.570. The quantitative estimate of drug-likeness (QED) is 0.550. The summed E-state index contributed by atoms with van der Waals surface area (Å²) >= 11 is 0. The summed E-state index contributed by atoms with van der Waals surface area (Å²) in [5.74, 6) is -0.766. The second-order valence-corrected chi connectivity index (χ2v) is 3.05. The molecule has 1 aliphatic carbocycles. The van der Waals surface area contributed by atoms with Crippen molar-refractivity contribution in [3.05, 3.63) is 0 Å². The first-order valence-corrected chi connectivity index (χ1v) is 3.67. The van der Waals surface area contributed by atoms with Gasteiger partial charge in [-0.25, -0.2) is 4.79 Å². The van der Waals surface area contributed by atoms with Gasteiger partial charge in [0.25, 0.3) is 0 Å². The molecule has 2 unspecified atom stereocenters. The zero-order valence-corrected chi connectivity index (χ0v) is 5.67. The van der Waals surface area contributed by atoms with Crippen molar-refractivity contribution in [2.45, 2.75) is 37.4 Å². The fourth-order valence-corrected chi connectivity index (χ4v) is 1.74. The van der Waals surface area contributed by atoms with Crippen LogP contribution in [0.15, 0.2) is 0 Å². The Balaban J connectivity index is 2.12. The number of hydrogen-bond acceptors (Lipinski definition) is 2. The molecule has 0 amide bonds. The van der Waals surface area contributed by atoms with Crippen molar-refractivity contribution in [2.24, 2.45) is 0 Å². The lowest BCUT2D eigenvalue weighted by molar-refractivity contribution is -0.143. The molecule has 0 spiro atoms. The van der Waals surface area contributed by atoms with Crippen molar-refractivity contribution in [1.29, 1.82) is 0 Å². The third kappa shape index (κ3) is 0.611. The van der Waals surface area contributed by atoms with Crippen molar-refractivity contribution in [1.82, 2.24) is 0 Å². The van der Waals surface area contributed by atoms with Gasteiger partial charge in [0.1, 0.15) is 0 Å². The molecule has 1 N–H and O–H groups in total. The Labute approximate surface area is 59.0 Å². The maximum absolute atomic E-state index is 10.6. The normalized spacial score (nSPS) is 44.2. The standard InChI is InChI=1S/C7H10O3/c8-6(9)7-4-2-1-3-5(7)10-7/h5H,1-4H2,(H,8,9). The van der Waals surface area contributed by atoms with Crippen LogP contribution in [0.5, 0.6) is 0 Å². The van der Waals surface area contributed by atoms with Gasteiger partial charge in [0.15, 0.2) is 5.60 Å². The van der Waals surface area contributed by atoms with Gasteiger partial charge in [-0.1, -0.05) is 6.42 Å². The fourth-order valence-electron chi connectivity index (χ4n) is 1.74. The molecule has 0 aromatic rings. The average Bonchev–Trinajstić information content (AvgIpc) is 2.61. The number of aliphatic carboxylic acids is 1. The molecule has 0 bridgehead atoms. The molecule has 10 heavy (non-hydrogen) atoms. The topological polar surface area (TPSA) is 49.8 Å². The average molecular weight is 142 g/mol. The first kappa shape index (κ1) is 6.16. The Kier molecular flexibility index (Phi) is 1.06. The van der Waals surface area contributed by atoms with Crippen LogP contribution >= 0.6 is 0 Å². The smallest absolute Gasteiger partial charge is 0.338 e. The van der Waals surface area contributed by atoms with Crippen LogP contribution in [0.1, 0.15) is 25.7 Å². The predicted molar refractivity (Wildman–Crippen MR) is 33.7 cm³/mol. The number of carboxylic acids is 1. The molecule has 0 aromatic carbocycles. The highest BCUT2D eigenvalue weighted by Crippen LogP contribution is 2.47. The molecule has 2 aliphatic rings. The van der Waals surface area contributed by atoms with Crippen LogP contribution in [0.4, 0.5) is 0 Å². The van der Waals surface area contributed by atoms with Crippen molar-refractivity contribution >= 4 is 5.97 Å². The highest BCUT2D eigenvalue weighted by Gasteiger charge is 2.63. The molecule has 56 valence electrons. The number of fused-ring (bicyclic) bond motifs is 1. The van der Waals surface area contributed by atoms with Crippen molar-refractivity contribution < 1.29 is 14.6 Å². The Bertz CT molecular complexity index is 178. The van der Waals surface area contributed by atoms with Crippen LogP contribution in [0.2, 0.25) is 0 Å². The number of carboxylic acid groups (broad SMARTS) is 1. The summed E-state index contributed by atoms with van der Waals surface area (Å²) in [5, 5.41) is 8.71. The molecule has 3 heteroatoms. The van der Waals surface area contributed by atoms with E-state index in [1.165, 1.54) is 0 Å². The van der Waals surface area contributed by atoms with Gasteiger partial charge in [0, 0.05) is 0 Å². The highest BCUT2D eigenvalue weighted by molar-refractivity contribution is 5.81. The van der Waals surface area contributed by atoms with Crippen LogP contribution in [0, 0.1) is 0 Å². The van der Waals surface area contributed by atoms with Gasteiger partial charge >= 0.3 is 5.97 Å². The van der Waals surface area contributed by atoms with Crippen LogP contribution < -0.4 is 0 Å². The fraction of sp³-hybridized carbons (Fsp3) is 0.857. The van der Waals surface area contributed by atoms with Gasteiger partial charge < -0.3 is 9.84 Å². The second kappa shape index (κ2) is 1.72. The summed E-state index contributed by atoms with van der Waals surface area (Å²) in [6.07, 6.45) is 3.82. The van der Waals surface area contributed by atoms with Gasteiger partial charge in [0.05, 0.1) is 6.10 Å². The Morgan fingerprint density at radius 2 is 2.40 bits per heavy atom. The van der Waals surface area contributed by atoms with Crippen LogP contribution in [0.25, 0.3) is 0 Å². The monoisotopic (exact) mass is 142 g/mol. The van der Waals surface area contributed by atoms with E-state index in [2.05, 4.69) is 0 Å². The molecule has 0 radical (unpaired) electrons. The minimum atomic E-state index is -0.766. The molecule has 1 saturated heterocycles. The third-order valence-corrected chi connectivity index (χ3v) is 2.44. The minimum Gasteiger partial charge on any atom is -0.479 e. The summed E-state index contributed by atoms with van der Waals surface area (Å²) in [5.41, 5.74) is -0.738. The number of ether oxygens (including phenoxy) is 1. The summed E-state index contributed by atoms with van der Waals surface area (Å²) in [6, 6.07) is 0. The number of hydrogen-bond donors (Lipinski definition) is 1. The SMILES string of the molecule is O=C(O)C12CCCCC1O2. The maximum atomic E-state index is 10.6. The largest absolute Gasteiger partial charge is 0.479 e. The summed E-state index contributed by atoms with van der Waals surface area (Å²) in [6.45, 7) is 0. The molecule has 2 atom stereocenters. The van der Waals surface area contributed by atoms with E-state index >= 15 is 0 Å². The van der Waals surface area contributed by atoms with E-state index < -0.39 is 11.6 Å². The van der Waals surface area contributed by atoms with E-state index in [4.69, 9.17) is 9.84 Å². The first-order chi connectivity index (χ1) is 4.76. The molecule has 0 aromatic heterocycles. The molecule has 1 aliphatic heterocycles. The van der Waals surface area contributed by atoms with Crippen LogP contribution in [-0.4, -0.2) is 22.8 Å². The first-order valence-electron chi connectivity index (χ1n) is 3.67. The van der Waals surface area contributed by atoms with Crippen molar-refractivity contribution in [2.75, 3.05) is 0 Å². The molecule has 1 heterocycles. The lowest BCUT2D eigenvalue weighted by atomic mass is 9.89. The number of epoxide rings is 1. The molecule has 1 saturated carbocycles. The molecule has 3 nitrogen and oxygen atoms in total. The predicted octanol–water partition coefficient (Wildman–Crippen LogP) is 0.783. The van der Waals surface area contributed by atoms with E-state index in [0.717, 1.165) is 19.3 Å². The van der Waals surface area contributed by atoms with E-state index in [1.54, 1.807) is 0 Å². The number of rotatable bonds is 1. The van der Waals surface area contributed by atoms with Crippen LogP contribution in [-0.2, 0) is 9.53 Å². The lowest BCUT2D eigenvalue weighted by Crippen LogP contribution is -2.29. The van der Waals surface area contributed by atoms with E-state index in [0.29, 0.717) is 6.42 Å². The van der Waals surface area contributed by atoms with E-state index in [1.807, 2.05) is 0 Å². The number of carbonyl (C=O) groups is 1. The summed E-state index contributed by atoms with van der Waals surface area (Å²) in [4.78, 5) is 10.6. The van der Waals surface area contributed by atoms with E-state index in [-0.39, 0.29) is 6.10 Å². The molecule has 2 fully saturated rings. The maximum Gasteiger partial charge on any atom is 0.338 e. The highest BCUT2D eigenvalue weighted by atomic mass is 16.6. The van der Waals surface area contributed by atoms with Gasteiger partial charge in [-0.15, -0.1) is 0 Å². The van der Waals surface area contributed by atoms with E-state index in [9.17, 15) is 4.79 Å². The lowest BCUT2D eigenvalue weighted by Gasteiger charge is -2.11. The van der Waals surface area contributed by atoms with Gasteiger partial charge in [-0.05, 0) is 19.3 Å². The second-order valence-electron chi connectivity index (χ2n) is 3.05. The zero-order valence-electron chi connectivity index (χ0n) is 5.67. The minimum absolute atomic E-state index is 0.0405. The molecular formula is C7H10O3.